The number of hydrazine groups is 1. The van der Waals surface area contributed by atoms with Gasteiger partial charge in [-0.3, -0.25) is 34.7 Å². The molecule has 0 spiro atoms. The number of hydrogen-bond donors (Lipinski definition) is 1. The molecule has 1 N–H and O–H groups in total. The predicted molar refractivity (Wildman–Crippen MR) is 125 cm³/mol. The summed E-state index contributed by atoms with van der Waals surface area (Å²) in [6.45, 7) is 1.58. The first-order valence-electron chi connectivity index (χ1n) is 10.6. The number of amides is 4. The third-order valence-corrected chi connectivity index (χ3v) is 5.59. The molecule has 0 aliphatic carbocycles. The van der Waals surface area contributed by atoms with Gasteiger partial charge in [-0.15, -0.1) is 0 Å². The molecule has 3 aromatic carbocycles. The number of aryl methyl sites for hydroxylation is 1. The van der Waals surface area contributed by atoms with Crippen molar-refractivity contribution in [3.63, 3.8) is 0 Å². The van der Waals surface area contributed by atoms with Crippen LogP contribution in [0.2, 0.25) is 0 Å². The summed E-state index contributed by atoms with van der Waals surface area (Å²) in [6.07, 6.45) is -0.373. The van der Waals surface area contributed by atoms with Gasteiger partial charge in [-0.1, -0.05) is 42.5 Å². The molecule has 1 unspecified atom stereocenters. The minimum absolute atomic E-state index is 0.0778. The highest BCUT2D eigenvalue weighted by Gasteiger charge is 2.45. The molecule has 3 aromatic rings. The van der Waals surface area contributed by atoms with Crippen molar-refractivity contribution in [3.8, 4) is 0 Å². The van der Waals surface area contributed by atoms with Crippen LogP contribution >= 0.6 is 0 Å². The van der Waals surface area contributed by atoms with Crippen LogP contribution in [0.3, 0.4) is 0 Å². The molecule has 176 valence electrons. The highest BCUT2D eigenvalue weighted by Crippen LogP contribution is 2.27. The van der Waals surface area contributed by atoms with Gasteiger partial charge in [0, 0.05) is 17.7 Å². The second-order valence-corrected chi connectivity index (χ2v) is 7.86. The van der Waals surface area contributed by atoms with E-state index in [1.165, 1.54) is 24.3 Å². The zero-order valence-electron chi connectivity index (χ0n) is 18.6. The van der Waals surface area contributed by atoms with E-state index in [4.69, 9.17) is 0 Å². The van der Waals surface area contributed by atoms with Crippen LogP contribution in [-0.2, 0) is 9.59 Å². The summed E-state index contributed by atoms with van der Waals surface area (Å²) >= 11 is 0. The number of para-hydroxylation sites is 1. The number of imide groups is 1. The molecular formula is C25H20N4O6. The second-order valence-electron chi connectivity index (χ2n) is 7.86. The molecule has 4 rings (SSSR count). The Morgan fingerprint density at radius 2 is 1.63 bits per heavy atom. The standard InChI is InChI=1S/C25H20N4O6/c1-16-12-13-19(29(34)35)14-20(16)24(32)28(26-23(31)17-8-4-2-5-9-17)21-15-22(30)27(25(21)33)18-10-6-3-7-11-18/h2-14,21H,15H2,1H3,(H,26,31). The topological polar surface area (TPSA) is 130 Å². The van der Waals surface area contributed by atoms with Gasteiger partial charge in [0.05, 0.1) is 22.6 Å². The van der Waals surface area contributed by atoms with E-state index in [-0.39, 0.29) is 23.2 Å². The van der Waals surface area contributed by atoms with Crippen LogP contribution < -0.4 is 10.3 Å². The van der Waals surface area contributed by atoms with Gasteiger partial charge in [0.25, 0.3) is 23.4 Å². The predicted octanol–water partition coefficient (Wildman–Crippen LogP) is 3.02. The summed E-state index contributed by atoms with van der Waals surface area (Å²) in [6, 6.07) is 18.6. The number of hydrogen-bond acceptors (Lipinski definition) is 6. The maximum absolute atomic E-state index is 13.6. The Balaban J connectivity index is 1.74. The fraction of sp³-hybridized carbons (Fsp3) is 0.120. The fourth-order valence-corrected chi connectivity index (χ4v) is 3.78. The van der Waals surface area contributed by atoms with Crippen molar-refractivity contribution in [1.82, 2.24) is 10.4 Å². The quantitative estimate of drug-likeness (QED) is 0.345. The highest BCUT2D eigenvalue weighted by molar-refractivity contribution is 6.23. The Labute approximate surface area is 199 Å². The Hall–Kier alpha value is -4.86. The lowest BCUT2D eigenvalue weighted by Crippen LogP contribution is -2.54. The summed E-state index contributed by atoms with van der Waals surface area (Å²) in [4.78, 5) is 64.2. The third-order valence-electron chi connectivity index (χ3n) is 5.59. The molecule has 0 bridgehead atoms. The molecule has 0 aromatic heterocycles. The first kappa shape index (κ1) is 23.3. The van der Waals surface area contributed by atoms with Gasteiger partial charge in [-0.25, -0.2) is 9.91 Å². The van der Waals surface area contributed by atoms with Gasteiger partial charge < -0.3 is 0 Å². The lowest BCUT2D eigenvalue weighted by molar-refractivity contribution is -0.384. The molecule has 1 aliphatic heterocycles. The average Bonchev–Trinajstić information content (AvgIpc) is 3.16. The van der Waals surface area contributed by atoms with Crippen LogP contribution in [0.15, 0.2) is 78.9 Å². The molecule has 10 heteroatoms. The maximum atomic E-state index is 13.6. The normalized spacial score (nSPS) is 15.1. The van der Waals surface area contributed by atoms with E-state index in [0.717, 1.165) is 16.0 Å². The molecule has 1 atom stereocenters. The molecule has 10 nitrogen and oxygen atoms in total. The molecule has 35 heavy (non-hydrogen) atoms. The number of carbonyl (C=O) groups excluding carboxylic acids is 4. The van der Waals surface area contributed by atoms with Crippen LogP contribution in [0.25, 0.3) is 0 Å². The number of benzene rings is 3. The molecule has 1 fully saturated rings. The SMILES string of the molecule is Cc1ccc([N+](=O)[O-])cc1C(=O)N(NC(=O)c1ccccc1)C1CC(=O)N(c2ccccc2)C1=O. The lowest BCUT2D eigenvalue weighted by Gasteiger charge is -2.28. The van der Waals surface area contributed by atoms with Gasteiger partial charge in [0.15, 0.2) is 0 Å². The van der Waals surface area contributed by atoms with Crippen molar-refractivity contribution in [2.45, 2.75) is 19.4 Å². The van der Waals surface area contributed by atoms with E-state index in [1.54, 1.807) is 55.5 Å². The summed E-state index contributed by atoms with van der Waals surface area (Å²) < 4.78 is 0. The first-order valence-corrected chi connectivity index (χ1v) is 10.6. The van der Waals surface area contributed by atoms with E-state index in [0.29, 0.717) is 11.3 Å². The third kappa shape index (κ3) is 4.62. The summed E-state index contributed by atoms with van der Waals surface area (Å²) in [5, 5.41) is 12.1. The van der Waals surface area contributed by atoms with Crippen LogP contribution in [0.4, 0.5) is 11.4 Å². The molecular weight excluding hydrogens is 452 g/mol. The molecule has 1 heterocycles. The van der Waals surface area contributed by atoms with E-state index in [1.807, 2.05) is 0 Å². The number of nitro benzene ring substituents is 1. The molecule has 0 radical (unpaired) electrons. The summed E-state index contributed by atoms with van der Waals surface area (Å²) in [7, 11) is 0. The lowest BCUT2D eigenvalue weighted by atomic mass is 10.1. The highest BCUT2D eigenvalue weighted by atomic mass is 16.6. The molecule has 4 amide bonds. The van der Waals surface area contributed by atoms with Gasteiger partial charge in [0.1, 0.15) is 6.04 Å². The molecule has 0 saturated carbocycles. The van der Waals surface area contributed by atoms with Gasteiger partial charge >= 0.3 is 0 Å². The fourth-order valence-electron chi connectivity index (χ4n) is 3.78. The first-order chi connectivity index (χ1) is 16.8. The number of rotatable bonds is 5. The van der Waals surface area contributed by atoms with Gasteiger partial charge in [0.2, 0.25) is 5.91 Å². The van der Waals surface area contributed by atoms with Crippen LogP contribution in [0.5, 0.6) is 0 Å². The van der Waals surface area contributed by atoms with E-state index >= 15 is 0 Å². The Morgan fingerprint density at radius 1 is 1.00 bits per heavy atom. The van der Waals surface area contributed by atoms with E-state index in [9.17, 15) is 29.3 Å². The van der Waals surface area contributed by atoms with E-state index in [2.05, 4.69) is 5.43 Å². The number of carbonyl (C=O) groups is 4. The smallest absolute Gasteiger partial charge is 0.273 e. The van der Waals surface area contributed by atoms with Crippen molar-refractivity contribution in [1.29, 1.82) is 0 Å². The Kier molecular flexibility index (Phi) is 6.36. The maximum Gasteiger partial charge on any atom is 0.273 e. The zero-order chi connectivity index (χ0) is 25.1. The second kappa shape index (κ2) is 9.56. The van der Waals surface area contributed by atoms with Crippen molar-refractivity contribution in [2.75, 3.05) is 4.90 Å². The zero-order valence-corrected chi connectivity index (χ0v) is 18.6. The average molecular weight is 472 g/mol. The van der Waals surface area contributed by atoms with Crippen molar-refractivity contribution in [3.05, 3.63) is 106 Å². The van der Waals surface area contributed by atoms with Gasteiger partial charge in [-0.2, -0.15) is 0 Å². The van der Waals surface area contributed by atoms with Crippen LogP contribution in [0.1, 0.15) is 32.7 Å². The number of nitrogens with one attached hydrogen (secondary N) is 1. The Bertz CT molecular complexity index is 1330. The monoisotopic (exact) mass is 472 g/mol. The van der Waals surface area contributed by atoms with Crippen molar-refractivity contribution >= 4 is 35.0 Å². The summed E-state index contributed by atoms with van der Waals surface area (Å²) in [5.41, 5.74) is 3.00. The van der Waals surface area contributed by atoms with Crippen molar-refractivity contribution in [2.24, 2.45) is 0 Å². The number of non-ortho nitro benzene ring substituents is 1. The van der Waals surface area contributed by atoms with Crippen molar-refractivity contribution < 1.29 is 24.1 Å². The van der Waals surface area contributed by atoms with Crippen LogP contribution in [-0.4, -0.2) is 39.6 Å². The number of anilines is 1. The largest absolute Gasteiger partial charge is 0.274 e. The number of nitro groups is 1. The number of nitrogens with zero attached hydrogens (tertiary/aromatic N) is 3. The van der Waals surface area contributed by atoms with Crippen LogP contribution in [0, 0.1) is 17.0 Å². The minimum Gasteiger partial charge on any atom is -0.274 e. The minimum atomic E-state index is -1.35. The van der Waals surface area contributed by atoms with Gasteiger partial charge in [-0.05, 0) is 36.8 Å². The molecule has 1 aliphatic rings. The van der Waals surface area contributed by atoms with E-state index < -0.39 is 34.6 Å². The Morgan fingerprint density at radius 3 is 2.26 bits per heavy atom. The summed E-state index contributed by atoms with van der Waals surface area (Å²) in [5.74, 6) is -2.78. The molecule has 1 saturated heterocycles.